The van der Waals surface area contributed by atoms with Crippen molar-refractivity contribution >= 4 is 17.6 Å². The van der Waals surface area contributed by atoms with E-state index in [9.17, 15) is 18.4 Å². The lowest BCUT2D eigenvalue weighted by Crippen LogP contribution is -2.32. The number of esters is 1. The van der Waals surface area contributed by atoms with Gasteiger partial charge in [0.1, 0.15) is 17.4 Å². The van der Waals surface area contributed by atoms with Gasteiger partial charge in [0.2, 0.25) is 0 Å². The molecular weight excluding hydrogens is 356 g/mol. The number of hydrogen-bond acceptors (Lipinski definition) is 4. The Kier molecular flexibility index (Phi) is 6.87. The highest BCUT2D eigenvalue weighted by Crippen LogP contribution is 2.25. The molecule has 1 atom stereocenters. The second-order valence-corrected chi connectivity index (χ2v) is 6.23. The third kappa shape index (κ3) is 5.77. The Morgan fingerprint density at radius 3 is 2.44 bits per heavy atom. The number of halogens is 2. The van der Waals surface area contributed by atoms with Crippen molar-refractivity contribution in [2.45, 2.75) is 32.8 Å². The van der Waals surface area contributed by atoms with Gasteiger partial charge in [-0.2, -0.15) is 0 Å². The molecule has 2 aromatic carbocycles. The summed E-state index contributed by atoms with van der Waals surface area (Å²) < 4.78 is 36.9. The monoisotopic (exact) mass is 377 g/mol. The summed E-state index contributed by atoms with van der Waals surface area (Å²) in [7, 11) is 0. The van der Waals surface area contributed by atoms with Gasteiger partial charge in [-0.15, -0.1) is 0 Å². The molecule has 0 saturated carbocycles. The van der Waals surface area contributed by atoms with E-state index in [1.807, 2.05) is 26.0 Å². The lowest BCUT2D eigenvalue weighted by molar-refractivity contribution is -0.155. The number of anilines is 1. The van der Waals surface area contributed by atoms with E-state index in [-0.39, 0.29) is 18.2 Å². The molecule has 2 aromatic rings. The van der Waals surface area contributed by atoms with Crippen LogP contribution in [-0.2, 0) is 14.3 Å². The first kappa shape index (κ1) is 20.4. The molecule has 0 spiro atoms. The molecule has 0 aliphatic rings. The summed E-state index contributed by atoms with van der Waals surface area (Å²) in [5.41, 5.74) is 0.745. The van der Waals surface area contributed by atoms with Gasteiger partial charge in [0, 0.05) is 6.07 Å². The predicted molar refractivity (Wildman–Crippen MR) is 96.6 cm³/mol. The highest BCUT2D eigenvalue weighted by Gasteiger charge is 2.20. The van der Waals surface area contributed by atoms with E-state index in [2.05, 4.69) is 5.32 Å². The molecule has 0 bridgehead atoms. The lowest BCUT2D eigenvalue weighted by Gasteiger charge is -2.16. The van der Waals surface area contributed by atoms with Crippen LogP contribution in [-0.4, -0.2) is 24.6 Å². The van der Waals surface area contributed by atoms with Crippen LogP contribution in [0.5, 0.6) is 5.75 Å². The van der Waals surface area contributed by atoms with Gasteiger partial charge >= 0.3 is 5.97 Å². The molecule has 0 saturated heterocycles. The Morgan fingerprint density at radius 2 is 1.78 bits per heavy atom. The number of carbonyl (C=O) groups is 2. The maximum atomic E-state index is 13.6. The van der Waals surface area contributed by atoms with Crippen molar-refractivity contribution in [3.8, 4) is 5.75 Å². The minimum atomic E-state index is -1.18. The normalized spacial score (nSPS) is 11.8. The lowest BCUT2D eigenvalue weighted by atomic mass is 10.0. The largest absolute Gasteiger partial charge is 0.482 e. The van der Waals surface area contributed by atoms with Crippen LogP contribution < -0.4 is 10.1 Å². The Hall–Kier alpha value is -2.96. The number of carbonyl (C=O) groups excluding carboxylic acids is 2. The van der Waals surface area contributed by atoms with Crippen molar-refractivity contribution in [1.82, 2.24) is 0 Å². The topological polar surface area (TPSA) is 64.6 Å². The van der Waals surface area contributed by atoms with Gasteiger partial charge in [-0.25, -0.2) is 13.6 Å². The fraction of sp³-hybridized carbons (Fsp3) is 0.300. The average molecular weight is 377 g/mol. The highest BCUT2D eigenvalue weighted by atomic mass is 19.1. The predicted octanol–water partition coefficient (Wildman–Crippen LogP) is 4.04. The zero-order valence-corrected chi connectivity index (χ0v) is 15.3. The van der Waals surface area contributed by atoms with Gasteiger partial charge in [-0.05, 0) is 36.6 Å². The van der Waals surface area contributed by atoms with Gasteiger partial charge in [0.05, 0.1) is 5.69 Å². The molecule has 0 heterocycles. The van der Waals surface area contributed by atoms with Crippen molar-refractivity contribution in [2.24, 2.45) is 0 Å². The van der Waals surface area contributed by atoms with E-state index in [0.717, 1.165) is 17.7 Å². The van der Waals surface area contributed by atoms with E-state index in [0.29, 0.717) is 11.8 Å². The van der Waals surface area contributed by atoms with Crippen molar-refractivity contribution < 1.29 is 27.8 Å². The first-order valence-corrected chi connectivity index (χ1v) is 8.45. The van der Waals surface area contributed by atoms with Crippen molar-refractivity contribution in [1.29, 1.82) is 0 Å². The SMILES string of the molecule is CC(C)c1ccccc1OCC(=O)O[C@@H](C)C(=O)Nc1ccc(F)cc1F. The molecule has 0 radical (unpaired) electrons. The molecule has 0 aliphatic carbocycles. The summed E-state index contributed by atoms with van der Waals surface area (Å²) in [5, 5.41) is 2.24. The summed E-state index contributed by atoms with van der Waals surface area (Å²) in [6, 6.07) is 10.1. The smallest absolute Gasteiger partial charge is 0.344 e. The van der Waals surface area contributed by atoms with Gasteiger partial charge < -0.3 is 14.8 Å². The summed E-state index contributed by atoms with van der Waals surface area (Å²) >= 11 is 0. The standard InChI is InChI=1S/C20H21F2NO4/c1-12(2)15-6-4-5-7-18(15)26-11-19(24)27-13(3)20(25)23-17-9-8-14(21)10-16(17)22/h4-10,12-13H,11H2,1-3H3,(H,23,25)/t13-/m0/s1. The molecule has 144 valence electrons. The van der Waals surface area contributed by atoms with Gasteiger partial charge in [-0.1, -0.05) is 32.0 Å². The number of amides is 1. The Labute approximate surface area is 156 Å². The number of nitrogens with one attached hydrogen (secondary N) is 1. The van der Waals surface area contributed by atoms with Gasteiger partial charge in [0.25, 0.3) is 5.91 Å². The number of ether oxygens (including phenoxy) is 2. The molecular formula is C20H21F2NO4. The third-order valence-corrected chi connectivity index (χ3v) is 3.75. The molecule has 7 heteroatoms. The maximum Gasteiger partial charge on any atom is 0.344 e. The van der Waals surface area contributed by atoms with Crippen LogP contribution in [0.15, 0.2) is 42.5 Å². The zero-order chi connectivity index (χ0) is 20.0. The first-order valence-electron chi connectivity index (χ1n) is 8.45. The highest BCUT2D eigenvalue weighted by molar-refractivity contribution is 5.95. The average Bonchev–Trinajstić information content (AvgIpc) is 2.62. The van der Waals surface area contributed by atoms with Gasteiger partial charge in [-0.3, -0.25) is 4.79 Å². The third-order valence-electron chi connectivity index (χ3n) is 3.75. The molecule has 1 amide bonds. The second kappa shape index (κ2) is 9.12. The molecule has 0 fully saturated rings. The van der Waals surface area contributed by atoms with Gasteiger partial charge in [0.15, 0.2) is 12.7 Å². The van der Waals surface area contributed by atoms with Crippen LogP contribution in [0.2, 0.25) is 0 Å². The molecule has 1 N–H and O–H groups in total. The Balaban J connectivity index is 1.89. The summed E-state index contributed by atoms with van der Waals surface area (Å²) in [6.45, 7) is 4.98. The molecule has 0 aliphatic heterocycles. The van der Waals surface area contributed by atoms with E-state index < -0.39 is 29.6 Å². The molecule has 2 rings (SSSR count). The number of para-hydroxylation sites is 1. The molecule has 0 aromatic heterocycles. The van der Waals surface area contributed by atoms with Crippen LogP contribution in [0, 0.1) is 11.6 Å². The quantitative estimate of drug-likeness (QED) is 0.740. The number of benzene rings is 2. The van der Waals surface area contributed by atoms with E-state index in [4.69, 9.17) is 9.47 Å². The molecule has 5 nitrogen and oxygen atoms in total. The Bertz CT molecular complexity index is 823. The first-order chi connectivity index (χ1) is 12.8. The summed E-state index contributed by atoms with van der Waals surface area (Å²) in [5.74, 6) is -2.38. The second-order valence-electron chi connectivity index (χ2n) is 6.23. The van der Waals surface area contributed by atoms with Crippen LogP contribution in [0.1, 0.15) is 32.3 Å². The molecule has 0 unspecified atom stereocenters. The van der Waals surface area contributed by atoms with Crippen LogP contribution in [0.25, 0.3) is 0 Å². The maximum absolute atomic E-state index is 13.6. The van der Waals surface area contributed by atoms with Crippen molar-refractivity contribution in [2.75, 3.05) is 11.9 Å². The van der Waals surface area contributed by atoms with Crippen molar-refractivity contribution in [3.63, 3.8) is 0 Å². The minimum Gasteiger partial charge on any atom is -0.482 e. The number of hydrogen-bond donors (Lipinski definition) is 1. The number of rotatable bonds is 7. The molecule has 27 heavy (non-hydrogen) atoms. The van der Waals surface area contributed by atoms with Crippen molar-refractivity contribution in [3.05, 3.63) is 59.7 Å². The van der Waals surface area contributed by atoms with Crippen LogP contribution in [0.3, 0.4) is 0 Å². The summed E-state index contributed by atoms with van der Waals surface area (Å²) in [6.07, 6.45) is -1.18. The zero-order valence-electron chi connectivity index (χ0n) is 15.3. The fourth-order valence-corrected chi connectivity index (χ4v) is 2.34. The van der Waals surface area contributed by atoms with Crippen LogP contribution in [0.4, 0.5) is 14.5 Å². The summed E-state index contributed by atoms with van der Waals surface area (Å²) in [4.78, 5) is 23.9. The fourth-order valence-electron chi connectivity index (χ4n) is 2.34. The van der Waals surface area contributed by atoms with E-state index >= 15 is 0 Å². The van der Waals surface area contributed by atoms with Crippen LogP contribution >= 0.6 is 0 Å². The van der Waals surface area contributed by atoms with E-state index in [1.165, 1.54) is 6.92 Å². The Morgan fingerprint density at radius 1 is 1.07 bits per heavy atom. The van der Waals surface area contributed by atoms with E-state index in [1.54, 1.807) is 12.1 Å². The minimum absolute atomic E-state index is 0.202.